The number of aliphatic imine (C=N–C) groups is 1. The van der Waals surface area contributed by atoms with Crippen molar-refractivity contribution in [1.29, 1.82) is 0 Å². The van der Waals surface area contributed by atoms with Gasteiger partial charge in [0.2, 0.25) is 0 Å². The van der Waals surface area contributed by atoms with Crippen molar-refractivity contribution in [3.63, 3.8) is 0 Å². The van der Waals surface area contributed by atoms with E-state index in [1.54, 1.807) is 30.5 Å². The lowest BCUT2D eigenvalue weighted by Crippen LogP contribution is -2.37. The molecule has 5 nitrogen and oxygen atoms in total. The van der Waals surface area contributed by atoms with E-state index >= 15 is 0 Å². The van der Waals surface area contributed by atoms with Crippen molar-refractivity contribution in [3.8, 4) is 5.75 Å². The third kappa shape index (κ3) is 6.55. The second-order valence-corrected chi connectivity index (χ2v) is 6.82. The third-order valence-corrected chi connectivity index (χ3v) is 4.58. The van der Waals surface area contributed by atoms with Crippen molar-refractivity contribution in [3.05, 3.63) is 45.4 Å². The fourth-order valence-electron chi connectivity index (χ4n) is 2.31. The fourth-order valence-corrected chi connectivity index (χ4v) is 3.18. The van der Waals surface area contributed by atoms with Gasteiger partial charge in [-0.15, -0.1) is 24.5 Å². The van der Waals surface area contributed by atoms with Gasteiger partial charge in [-0.2, -0.15) is 0 Å². The first-order valence-corrected chi connectivity index (χ1v) is 8.80. The van der Waals surface area contributed by atoms with Gasteiger partial charge in [0.05, 0.1) is 17.2 Å². The highest BCUT2D eigenvalue weighted by Crippen LogP contribution is 2.22. The summed E-state index contributed by atoms with van der Waals surface area (Å²) in [6, 6.07) is 5.85. The first kappa shape index (κ1) is 20.0. The minimum Gasteiger partial charge on any atom is -0.406 e. The van der Waals surface area contributed by atoms with Crippen LogP contribution in [0.2, 0.25) is 0 Å². The summed E-state index contributed by atoms with van der Waals surface area (Å²) in [7, 11) is 1.68. The second kappa shape index (κ2) is 8.88. The van der Waals surface area contributed by atoms with E-state index in [1.807, 2.05) is 13.8 Å². The minimum atomic E-state index is -4.67. The average Bonchev–Trinajstić information content (AvgIpc) is 2.88. The second-order valence-electron chi connectivity index (χ2n) is 5.54. The number of halogens is 3. The number of rotatable bonds is 6. The Hall–Kier alpha value is -2.29. The van der Waals surface area contributed by atoms with E-state index in [0.717, 1.165) is 21.1 Å². The number of aromatic nitrogens is 1. The van der Waals surface area contributed by atoms with E-state index < -0.39 is 6.36 Å². The van der Waals surface area contributed by atoms with Crippen molar-refractivity contribution >= 4 is 17.3 Å². The maximum absolute atomic E-state index is 12.1. The Morgan fingerprint density at radius 1 is 1.19 bits per heavy atom. The molecule has 0 saturated carbocycles. The molecule has 0 spiro atoms. The summed E-state index contributed by atoms with van der Waals surface area (Å²) in [6.45, 7) is 5.18. The van der Waals surface area contributed by atoms with Crippen LogP contribution in [-0.2, 0) is 13.0 Å². The lowest BCUT2D eigenvalue weighted by atomic mass is 10.1. The average molecular weight is 386 g/mol. The van der Waals surface area contributed by atoms with Gasteiger partial charge in [0.15, 0.2) is 5.96 Å². The predicted molar refractivity (Wildman–Crippen MR) is 96.6 cm³/mol. The van der Waals surface area contributed by atoms with Crippen molar-refractivity contribution < 1.29 is 17.9 Å². The van der Waals surface area contributed by atoms with Gasteiger partial charge in [-0.3, -0.25) is 4.99 Å². The molecule has 9 heteroatoms. The van der Waals surface area contributed by atoms with Crippen LogP contribution in [0, 0.1) is 13.8 Å². The number of alkyl halides is 3. The van der Waals surface area contributed by atoms with Crippen LogP contribution in [0.15, 0.2) is 29.3 Å². The Morgan fingerprint density at radius 2 is 1.88 bits per heavy atom. The molecule has 1 aromatic heterocycles. The summed E-state index contributed by atoms with van der Waals surface area (Å²) in [5, 5.41) is 7.43. The van der Waals surface area contributed by atoms with Crippen LogP contribution in [-0.4, -0.2) is 30.9 Å². The maximum atomic E-state index is 12.1. The standard InChI is InChI=1S/C17H21F3N4OS/c1-11-15(26-12(2)24-11)10-23-16(21-3)22-9-8-13-4-6-14(7-5-13)25-17(18,19)20/h4-7H,8-10H2,1-3H3,(H2,21,22,23). The number of aryl methyl sites for hydroxylation is 2. The lowest BCUT2D eigenvalue weighted by molar-refractivity contribution is -0.274. The molecular formula is C17H21F3N4OS. The Kier molecular flexibility index (Phi) is 6.84. The van der Waals surface area contributed by atoms with Crippen LogP contribution >= 0.6 is 11.3 Å². The molecule has 0 aliphatic heterocycles. The summed E-state index contributed by atoms with van der Waals surface area (Å²) < 4.78 is 40.3. The molecule has 0 unspecified atom stereocenters. The molecule has 0 aliphatic carbocycles. The number of benzene rings is 1. The number of hydrogen-bond donors (Lipinski definition) is 2. The smallest absolute Gasteiger partial charge is 0.406 e. The molecule has 26 heavy (non-hydrogen) atoms. The predicted octanol–water partition coefficient (Wildman–Crippen LogP) is 3.57. The first-order valence-electron chi connectivity index (χ1n) is 7.99. The molecule has 2 aromatic rings. The summed E-state index contributed by atoms with van der Waals surface area (Å²) in [4.78, 5) is 9.70. The van der Waals surface area contributed by atoms with Gasteiger partial charge in [-0.05, 0) is 38.0 Å². The number of guanidine groups is 1. The number of thiazole rings is 1. The van der Waals surface area contributed by atoms with Gasteiger partial charge in [-0.1, -0.05) is 12.1 Å². The zero-order valence-corrected chi connectivity index (χ0v) is 15.6. The van der Waals surface area contributed by atoms with Crippen molar-refractivity contribution in [2.45, 2.75) is 33.2 Å². The Labute approximate surface area is 154 Å². The topological polar surface area (TPSA) is 58.5 Å². The lowest BCUT2D eigenvalue weighted by Gasteiger charge is -2.12. The fraction of sp³-hybridized carbons (Fsp3) is 0.412. The van der Waals surface area contributed by atoms with Gasteiger partial charge >= 0.3 is 6.36 Å². The van der Waals surface area contributed by atoms with E-state index in [9.17, 15) is 13.2 Å². The van der Waals surface area contributed by atoms with Crippen LogP contribution in [0.1, 0.15) is 21.1 Å². The molecule has 0 amide bonds. The SMILES string of the molecule is CN=C(NCCc1ccc(OC(F)(F)F)cc1)NCc1sc(C)nc1C. The van der Waals surface area contributed by atoms with E-state index in [0.29, 0.717) is 25.5 Å². The monoisotopic (exact) mass is 386 g/mol. The van der Waals surface area contributed by atoms with Gasteiger partial charge in [-0.25, -0.2) is 4.98 Å². The van der Waals surface area contributed by atoms with Gasteiger partial charge in [0.25, 0.3) is 0 Å². The highest BCUT2D eigenvalue weighted by atomic mass is 32.1. The number of nitrogens with zero attached hydrogens (tertiary/aromatic N) is 2. The largest absolute Gasteiger partial charge is 0.573 e. The molecule has 0 fully saturated rings. The molecular weight excluding hydrogens is 365 g/mol. The van der Waals surface area contributed by atoms with Crippen LogP contribution in [0.3, 0.4) is 0 Å². The molecule has 2 N–H and O–H groups in total. The summed E-state index contributed by atoms with van der Waals surface area (Å²) >= 11 is 1.64. The maximum Gasteiger partial charge on any atom is 0.573 e. The highest BCUT2D eigenvalue weighted by molar-refractivity contribution is 7.11. The van der Waals surface area contributed by atoms with E-state index in [-0.39, 0.29) is 5.75 Å². The Bertz CT molecular complexity index is 741. The molecule has 0 atom stereocenters. The summed E-state index contributed by atoms with van der Waals surface area (Å²) in [6.07, 6.45) is -4.03. The third-order valence-electron chi connectivity index (χ3n) is 3.50. The Morgan fingerprint density at radius 3 is 2.42 bits per heavy atom. The first-order chi connectivity index (χ1) is 12.3. The van der Waals surface area contributed by atoms with Crippen LogP contribution in [0.25, 0.3) is 0 Å². The summed E-state index contributed by atoms with van der Waals surface area (Å²) in [5.41, 5.74) is 1.91. The molecule has 1 aromatic carbocycles. The normalized spacial score (nSPS) is 12.2. The Balaban J connectivity index is 1.77. The van der Waals surface area contributed by atoms with Crippen LogP contribution in [0.4, 0.5) is 13.2 Å². The number of hydrogen-bond acceptors (Lipinski definition) is 4. The van der Waals surface area contributed by atoms with Gasteiger partial charge in [0.1, 0.15) is 5.75 Å². The highest BCUT2D eigenvalue weighted by Gasteiger charge is 2.30. The van der Waals surface area contributed by atoms with Crippen LogP contribution < -0.4 is 15.4 Å². The molecule has 0 bridgehead atoms. The quantitative estimate of drug-likeness (QED) is 0.589. The van der Waals surface area contributed by atoms with Crippen molar-refractivity contribution in [1.82, 2.24) is 15.6 Å². The van der Waals surface area contributed by atoms with E-state index in [1.165, 1.54) is 12.1 Å². The molecule has 0 saturated heterocycles. The van der Waals surface area contributed by atoms with Gasteiger partial charge in [0, 0.05) is 18.5 Å². The zero-order valence-electron chi connectivity index (χ0n) is 14.8. The van der Waals surface area contributed by atoms with Crippen molar-refractivity contribution in [2.24, 2.45) is 4.99 Å². The molecule has 1 heterocycles. The van der Waals surface area contributed by atoms with Crippen molar-refractivity contribution in [2.75, 3.05) is 13.6 Å². The molecule has 0 aliphatic rings. The minimum absolute atomic E-state index is 0.220. The van der Waals surface area contributed by atoms with Crippen LogP contribution in [0.5, 0.6) is 5.75 Å². The number of ether oxygens (including phenoxy) is 1. The molecule has 142 valence electrons. The van der Waals surface area contributed by atoms with Gasteiger partial charge < -0.3 is 15.4 Å². The van der Waals surface area contributed by atoms with E-state index in [2.05, 4.69) is 25.3 Å². The molecule has 2 rings (SSSR count). The number of nitrogens with one attached hydrogen (secondary N) is 2. The van der Waals surface area contributed by atoms with E-state index in [4.69, 9.17) is 0 Å². The zero-order chi connectivity index (χ0) is 19.2. The molecule has 0 radical (unpaired) electrons. The summed E-state index contributed by atoms with van der Waals surface area (Å²) in [5.74, 6) is 0.439.